The topological polar surface area (TPSA) is 0 Å². The van der Waals surface area contributed by atoms with Gasteiger partial charge in [-0.25, -0.2) is 0 Å². The molecule has 2 aliphatic rings. The van der Waals surface area contributed by atoms with Gasteiger partial charge in [-0.2, -0.15) is 0 Å². The Balaban J connectivity index is 2.29. The first-order chi connectivity index (χ1) is 7.45. The lowest BCUT2D eigenvalue weighted by molar-refractivity contribution is 1.46. The van der Waals surface area contributed by atoms with E-state index in [0.29, 0.717) is 0 Å². The summed E-state index contributed by atoms with van der Waals surface area (Å²) in [6.07, 6.45) is 1.14. The van der Waals surface area contributed by atoms with Crippen molar-refractivity contribution in [1.29, 1.82) is 0 Å². The standard InChI is InChI=1S/C15H10/c1-2-6-11-10(5-1)14-9-15(11)13-8-4-3-7-12(13)14/h1-8H,9H2. The molecule has 0 saturated heterocycles. The van der Waals surface area contributed by atoms with E-state index in [9.17, 15) is 0 Å². The Hall–Kier alpha value is -1.82. The summed E-state index contributed by atoms with van der Waals surface area (Å²) in [5, 5.41) is 2.90. The lowest BCUT2D eigenvalue weighted by Gasteiger charge is -2.04. The first-order valence-electron chi connectivity index (χ1n) is 5.36. The second-order valence-corrected chi connectivity index (χ2v) is 4.23. The van der Waals surface area contributed by atoms with Gasteiger partial charge in [0.25, 0.3) is 0 Å². The summed E-state index contributed by atoms with van der Waals surface area (Å²) in [7, 11) is 0. The van der Waals surface area contributed by atoms with Crippen molar-refractivity contribution in [3.05, 3.63) is 70.1 Å². The molecule has 70 valence electrons. The van der Waals surface area contributed by atoms with Gasteiger partial charge in [-0.3, -0.25) is 0 Å². The fourth-order valence-electron chi connectivity index (χ4n) is 2.87. The van der Waals surface area contributed by atoms with Gasteiger partial charge in [0.15, 0.2) is 0 Å². The van der Waals surface area contributed by atoms with Gasteiger partial charge in [-0.15, -0.1) is 0 Å². The fraction of sp³-hybridized carbons (Fsp3) is 0.0667. The Bertz CT molecular complexity index is 630. The van der Waals surface area contributed by atoms with Crippen molar-refractivity contribution in [1.82, 2.24) is 0 Å². The molecular weight excluding hydrogens is 180 g/mol. The van der Waals surface area contributed by atoms with E-state index < -0.39 is 0 Å². The molecule has 4 rings (SSSR count). The highest BCUT2D eigenvalue weighted by atomic mass is 14.3. The summed E-state index contributed by atoms with van der Waals surface area (Å²) in [4.78, 5) is 0. The van der Waals surface area contributed by atoms with Gasteiger partial charge in [0.2, 0.25) is 0 Å². The second kappa shape index (κ2) is 2.40. The molecular formula is C15H10. The lowest BCUT2D eigenvalue weighted by Crippen LogP contribution is -2.26. The predicted molar refractivity (Wildman–Crippen MR) is 61.8 cm³/mol. The van der Waals surface area contributed by atoms with Crippen molar-refractivity contribution < 1.29 is 0 Å². The summed E-state index contributed by atoms with van der Waals surface area (Å²) in [6.45, 7) is 0. The Morgan fingerprint density at radius 1 is 0.600 bits per heavy atom. The van der Waals surface area contributed by atoms with Gasteiger partial charge in [-0.1, -0.05) is 48.5 Å². The molecule has 2 aromatic carbocycles. The summed E-state index contributed by atoms with van der Waals surface area (Å²) in [5.74, 6) is 0. The fourth-order valence-corrected chi connectivity index (χ4v) is 2.87. The molecule has 0 unspecified atom stereocenters. The number of rotatable bonds is 0. The van der Waals surface area contributed by atoms with E-state index in [-0.39, 0.29) is 0 Å². The monoisotopic (exact) mass is 190 g/mol. The molecule has 2 aromatic rings. The molecule has 0 heterocycles. The number of fused-ring (bicyclic) bond motifs is 6. The normalized spacial score (nSPS) is 15.5. The Morgan fingerprint density at radius 3 is 1.60 bits per heavy atom. The number of benzene rings is 2. The van der Waals surface area contributed by atoms with Crippen LogP contribution in [0, 0.1) is 0 Å². The molecule has 0 saturated carbocycles. The lowest BCUT2D eigenvalue weighted by atomic mass is 10.00. The predicted octanol–water partition coefficient (Wildman–Crippen LogP) is 1.80. The van der Waals surface area contributed by atoms with Crippen LogP contribution >= 0.6 is 0 Å². The minimum Gasteiger partial charge on any atom is -0.0616 e. The summed E-state index contributed by atoms with van der Waals surface area (Å²) < 4.78 is 0. The number of hydrogen-bond acceptors (Lipinski definition) is 0. The Morgan fingerprint density at radius 2 is 1.07 bits per heavy atom. The number of hydrogen-bond donors (Lipinski definition) is 0. The van der Waals surface area contributed by atoms with Crippen LogP contribution in [0.4, 0.5) is 0 Å². The smallest absolute Gasteiger partial charge is 0.000111 e. The third-order valence-corrected chi connectivity index (χ3v) is 3.51. The average molecular weight is 190 g/mol. The zero-order valence-electron chi connectivity index (χ0n) is 8.33. The highest BCUT2D eigenvalue weighted by Gasteiger charge is 2.25. The Kier molecular flexibility index (Phi) is 1.20. The van der Waals surface area contributed by atoms with Crippen LogP contribution < -0.4 is 10.4 Å². The van der Waals surface area contributed by atoms with Gasteiger partial charge >= 0.3 is 0 Å². The van der Waals surface area contributed by atoms with Crippen molar-refractivity contribution in [2.75, 3.05) is 0 Å². The molecule has 15 heavy (non-hydrogen) atoms. The van der Waals surface area contributed by atoms with E-state index in [0.717, 1.165) is 6.42 Å². The van der Waals surface area contributed by atoms with Gasteiger partial charge in [0.1, 0.15) is 0 Å². The van der Waals surface area contributed by atoms with E-state index in [4.69, 9.17) is 0 Å². The van der Waals surface area contributed by atoms with Gasteiger partial charge in [-0.05, 0) is 39.1 Å². The Labute approximate surface area is 88.2 Å². The van der Waals surface area contributed by atoms with Crippen LogP contribution in [0.2, 0.25) is 0 Å². The highest BCUT2D eigenvalue weighted by molar-refractivity contribution is 5.95. The van der Waals surface area contributed by atoms with E-state index in [2.05, 4.69) is 48.5 Å². The van der Waals surface area contributed by atoms with Gasteiger partial charge < -0.3 is 0 Å². The first-order valence-corrected chi connectivity index (χ1v) is 5.36. The first kappa shape index (κ1) is 7.47. The van der Waals surface area contributed by atoms with Crippen LogP contribution in [0.25, 0.3) is 11.1 Å². The van der Waals surface area contributed by atoms with Gasteiger partial charge in [0.05, 0.1) is 0 Å². The minimum absolute atomic E-state index is 1.14. The molecule has 0 nitrogen and oxygen atoms in total. The molecule has 0 spiro atoms. The van der Waals surface area contributed by atoms with E-state index in [1.54, 1.807) is 0 Å². The maximum absolute atomic E-state index is 2.24. The quantitative estimate of drug-likeness (QED) is 0.594. The molecule has 0 heteroatoms. The van der Waals surface area contributed by atoms with E-state index in [1.807, 2.05) is 0 Å². The molecule has 2 bridgehead atoms. The molecule has 0 radical (unpaired) electrons. The molecule has 0 atom stereocenters. The molecule has 2 aliphatic carbocycles. The van der Waals surface area contributed by atoms with Crippen LogP contribution in [0.3, 0.4) is 0 Å². The second-order valence-electron chi connectivity index (χ2n) is 4.23. The van der Waals surface area contributed by atoms with Crippen molar-refractivity contribution in [3.8, 4) is 0 Å². The van der Waals surface area contributed by atoms with Crippen LogP contribution in [-0.2, 0) is 0 Å². The van der Waals surface area contributed by atoms with Crippen molar-refractivity contribution >= 4 is 11.1 Å². The largest absolute Gasteiger partial charge is 0.0616 e. The average Bonchev–Trinajstić information content (AvgIpc) is 2.86. The molecule has 0 N–H and O–H groups in total. The van der Waals surface area contributed by atoms with Crippen molar-refractivity contribution in [3.63, 3.8) is 0 Å². The van der Waals surface area contributed by atoms with Gasteiger partial charge in [0, 0.05) is 0 Å². The zero-order valence-corrected chi connectivity index (χ0v) is 8.33. The van der Waals surface area contributed by atoms with Crippen molar-refractivity contribution in [2.45, 2.75) is 6.42 Å². The summed E-state index contributed by atoms with van der Waals surface area (Å²) in [5.41, 5.74) is 5.95. The van der Waals surface area contributed by atoms with Crippen molar-refractivity contribution in [2.24, 2.45) is 0 Å². The third kappa shape index (κ3) is 0.782. The molecule has 0 aromatic heterocycles. The molecule has 0 aliphatic heterocycles. The third-order valence-electron chi connectivity index (χ3n) is 3.51. The summed E-state index contributed by atoms with van der Waals surface area (Å²) >= 11 is 0. The highest BCUT2D eigenvalue weighted by Crippen LogP contribution is 2.38. The van der Waals surface area contributed by atoms with E-state index in [1.165, 1.54) is 32.7 Å². The van der Waals surface area contributed by atoms with Crippen LogP contribution in [0.5, 0.6) is 0 Å². The van der Waals surface area contributed by atoms with Crippen LogP contribution in [0.15, 0.2) is 48.5 Å². The van der Waals surface area contributed by atoms with Crippen LogP contribution in [0.1, 0.15) is 17.5 Å². The minimum atomic E-state index is 1.14. The molecule has 0 amide bonds. The zero-order chi connectivity index (χ0) is 9.83. The van der Waals surface area contributed by atoms with E-state index >= 15 is 0 Å². The maximum atomic E-state index is 2.24. The van der Waals surface area contributed by atoms with Crippen LogP contribution in [-0.4, -0.2) is 0 Å². The SMILES string of the molecule is c1ccc2c(c1)C1=c3ccccc3=C2C1. The summed E-state index contributed by atoms with van der Waals surface area (Å²) in [6, 6.07) is 17.5. The molecule has 0 fully saturated rings. The maximum Gasteiger partial charge on any atom is -0.000111 e.